The van der Waals surface area contributed by atoms with E-state index in [0.29, 0.717) is 36.0 Å². The predicted molar refractivity (Wildman–Crippen MR) is 127 cm³/mol. The number of likely N-dealkylation sites (tertiary alicyclic amines) is 1. The minimum absolute atomic E-state index is 0.134. The number of hydrogen-bond acceptors (Lipinski definition) is 7. The van der Waals surface area contributed by atoms with Crippen LogP contribution in [0.15, 0.2) is 59.5 Å². The van der Waals surface area contributed by atoms with Crippen LogP contribution in [0, 0.1) is 0 Å². The SMILES string of the molecule is COc1ccc(C2CN(CC(=O)Nc3ncco3)CCC2NC(=O)Nc2ccc(Cl)cc2)nc1. The number of nitrogens with one attached hydrogen (secondary N) is 3. The maximum Gasteiger partial charge on any atom is 0.319 e. The number of amides is 3. The molecule has 0 saturated carbocycles. The van der Waals surface area contributed by atoms with Crippen LogP contribution >= 0.6 is 11.6 Å². The Morgan fingerprint density at radius 2 is 2.00 bits per heavy atom. The first-order valence-electron chi connectivity index (χ1n) is 10.7. The number of nitrogens with zero attached hydrogens (tertiary/aromatic N) is 3. The molecule has 2 aromatic heterocycles. The molecule has 0 radical (unpaired) electrons. The van der Waals surface area contributed by atoms with Gasteiger partial charge in [-0.25, -0.2) is 9.78 Å². The highest BCUT2D eigenvalue weighted by Crippen LogP contribution is 2.27. The van der Waals surface area contributed by atoms with E-state index in [9.17, 15) is 9.59 Å². The maximum absolute atomic E-state index is 12.7. The van der Waals surface area contributed by atoms with E-state index in [2.05, 4.69) is 25.9 Å². The van der Waals surface area contributed by atoms with Crippen molar-refractivity contribution in [3.05, 3.63) is 65.8 Å². The van der Waals surface area contributed by atoms with Crippen LogP contribution in [0.5, 0.6) is 5.75 Å². The van der Waals surface area contributed by atoms with E-state index >= 15 is 0 Å². The first-order chi connectivity index (χ1) is 16.5. The Hall–Kier alpha value is -3.63. The second kappa shape index (κ2) is 11.0. The summed E-state index contributed by atoms with van der Waals surface area (Å²) in [6.07, 6.45) is 5.15. The van der Waals surface area contributed by atoms with Gasteiger partial charge in [-0.1, -0.05) is 11.6 Å². The van der Waals surface area contributed by atoms with E-state index in [4.69, 9.17) is 20.8 Å². The summed E-state index contributed by atoms with van der Waals surface area (Å²) in [5.74, 6) is 0.285. The number of urea groups is 1. The quantitative estimate of drug-likeness (QED) is 0.470. The molecule has 178 valence electrons. The van der Waals surface area contributed by atoms with Crippen molar-refractivity contribution in [1.29, 1.82) is 0 Å². The van der Waals surface area contributed by atoms with E-state index in [1.807, 2.05) is 17.0 Å². The van der Waals surface area contributed by atoms with E-state index in [-0.39, 0.29) is 36.5 Å². The minimum atomic E-state index is -0.319. The van der Waals surface area contributed by atoms with Gasteiger partial charge in [0.25, 0.3) is 0 Å². The molecule has 2 unspecified atom stereocenters. The first-order valence-corrected chi connectivity index (χ1v) is 11.1. The molecule has 0 bridgehead atoms. The predicted octanol–water partition coefficient (Wildman–Crippen LogP) is 3.35. The summed E-state index contributed by atoms with van der Waals surface area (Å²) in [5, 5.41) is 9.12. The zero-order chi connectivity index (χ0) is 23.9. The van der Waals surface area contributed by atoms with Gasteiger partial charge in [-0.3, -0.25) is 20.0 Å². The summed E-state index contributed by atoms with van der Waals surface area (Å²) < 4.78 is 10.3. The van der Waals surface area contributed by atoms with E-state index in [1.54, 1.807) is 37.6 Å². The van der Waals surface area contributed by atoms with Gasteiger partial charge in [-0.05, 0) is 42.8 Å². The molecule has 0 spiro atoms. The van der Waals surface area contributed by atoms with Gasteiger partial charge in [0.15, 0.2) is 0 Å². The highest BCUT2D eigenvalue weighted by atomic mass is 35.5. The average molecular weight is 485 g/mol. The molecule has 3 heterocycles. The highest BCUT2D eigenvalue weighted by Gasteiger charge is 2.33. The van der Waals surface area contributed by atoms with Crippen molar-refractivity contribution in [2.75, 3.05) is 37.4 Å². The zero-order valence-electron chi connectivity index (χ0n) is 18.5. The second-order valence-electron chi connectivity index (χ2n) is 7.85. The fourth-order valence-electron chi connectivity index (χ4n) is 3.88. The molecule has 0 aliphatic carbocycles. The van der Waals surface area contributed by atoms with Crippen molar-refractivity contribution >= 4 is 35.2 Å². The topological polar surface area (TPSA) is 122 Å². The summed E-state index contributed by atoms with van der Waals surface area (Å²) in [6.45, 7) is 1.32. The Morgan fingerprint density at radius 1 is 1.18 bits per heavy atom. The molecule has 2 atom stereocenters. The Balaban J connectivity index is 1.43. The number of hydrogen-bond donors (Lipinski definition) is 3. The molecule has 10 nitrogen and oxygen atoms in total. The van der Waals surface area contributed by atoms with Crippen molar-refractivity contribution in [2.45, 2.75) is 18.4 Å². The molecule has 4 rings (SSSR count). The Labute approximate surface area is 201 Å². The molecule has 11 heteroatoms. The van der Waals surface area contributed by atoms with Crippen LogP contribution in [-0.4, -0.2) is 59.6 Å². The Bertz CT molecular complexity index is 1090. The number of pyridine rings is 1. The summed E-state index contributed by atoms with van der Waals surface area (Å²) >= 11 is 5.92. The maximum atomic E-state index is 12.7. The molecule has 3 aromatic rings. The lowest BCUT2D eigenvalue weighted by molar-refractivity contribution is -0.117. The van der Waals surface area contributed by atoms with Crippen molar-refractivity contribution in [3.63, 3.8) is 0 Å². The van der Waals surface area contributed by atoms with Gasteiger partial charge in [0.1, 0.15) is 12.0 Å². The fraction of sp³-hybridized carbons (Fsp3) is 0.304. The second-order valence-corrected chi connectivity index (χ2v) is 8.29. The molecule has 1 fully saturated rings. The van der Waals surface area contributed by atoms with Crippen molar-refractivity contribution in [2.24, 2.45) is 0 Å². The monoisotopic (exact) mass is 484 g/mol. The molecular formula is C23H25ClN6O4. The van der Waals surface area contributed by atoms with E-state index in [0.717, 1.165) is 5.69 Å². The highest BCUT2D eigenvalue weighted by molar-refractivity contribution is 6.30. The molecule has 1 aromatic carbocycles. The number of ether oxygens (including phenoxy) is 1. The van der Waals surface area contributed by atoms with Crippen molar-refractivity contribution < 1.29 is 18.7 Å². The number of aromatic nitrogens is 2. The molecule has 1 saturated heterocycles. The standard InChI is InChI=1S/C23H25ClN6O4/c1-33-17-6-7-19(26-12-17)18-13-30(14-21(31)29-23-25-9-11-34-23)10-8-20(18)28-22(32)27-16-4-2-15(24)3-5-16/h2-7,9,11-12,18,20H,8,10,13-14H2,1H3,(H,25,29,31)(H2,27,28,32). The summed E-state index contributed by atoms with van der Waals surface area (Å²) in [6, 6.07) is 10.3. The van der Waals surface area contributed by atoms with E-state index in [1.165, 1.54) is 12.5 Å². The summed E-state index contributed by atoms with van der Waals surface area (Å²) in [5.41, 5.74) is 1.44. The third-order valence-corrected chi connectivity index (χ3v) is 5.79. The van der Waals surface area contributed by atoms with Crippen molar-refractivity contribution in [3.8, 4) is 5.75 Å². The van der Waals surface area contributed by atoms with Gasteiger partial charge in [0.2, 0.25) is 5.91 Å². The number of anilines is 2. The van der Waals surface area contributed by atoms with Crippen LogP contribution in [0.1, 0.15) is 18.0 Å². The number of rotatable bonds is 7. The van der Waals surface area contributed by atoms with Gasteiger partial charge in [-0.2, -0.15) is 0 Å². The summed E-state index contributed by atoms with van der Waals surface area (Å²) in [4.78, 5) is 35.6. The van der Waals surface area contributed by atoms with Gasteiger partial charge in [0, 0.05) is 41.5 Å². The molecule has 1 aliphatic heterocycles. The number of methoxy groups -OCH3 is 1. The normalized spacial score (nSPS) is 18.2. The number of piperidine rings is 1. The third-order valence-electron chi connectivity index (χ3n) is 5.54. The largest absolute Gasteiger partial charge is 0.495 e. The first kappa shape index (κ1) is 23.5. The van der Waals surface area contributed by atoms with E-state index < -0.39 is 0 Å². The molecule has 34 heavy (non-hydrogen) atoms. The van der Waals surface area contributed by atoms with Crippen LogP contribution in [0.4, 0.5) is 16.5 Å². The smallest absolute Gasteiger partial charge is 0.319 e. The molecule has 3 N–H and O–H groups in total. The fourth-order valence-corrected chi connectivity index (χ4v) is 4.01. The van der Waals surface area contributed by atoms with Crippen LogP contribution in [0.3, 0.4) is 0 Å². The minimum Gasteiger partial charge on any atom is -0.495 e. The van der Waals surface area contributed by atoms with Gasteiger partial charge in [-0.15, -0.1) is 0 Å². The van der Waals surface area contributed by atoms with Gasteiger partial charge < -0.3 is 19.8 Å². The number of benzene rings is 1. The molecule has 3 amide bonds. The molecular weight excluding hydrogens is 460 g/mol. The van der Waals surface area contributed by atoms with Crippen LogP contribution < -0.4 is 20.7 Å². The van der Waals surface area contributed by atoms with Crippen molar-refractivity contribution in [1.82, 2.24) is 20.2 Å². The summed E-state index contributed by atoms with van der Waals surface area (Å²) in [7, 11) is 1.58. The number of carbonyl (C=O) groups is 2. The van der Waals surface area contributed by atoms with Crippen LogP contribution in [-0.2, 0) is 4.79 Å². The van der Waals surface area contributed by atoms with Crippen LogP contribution in [0.2, 0.25) is 5.02 Å². The van der Waals surface area contributed by atoms with Crippen LogP contribution in [0.25, 0.3) is 0 Å². The number of carbonyl (C=O) groups excluding carboxylic acids is 2. The van der Waals surface area contributed by atoms with Gasteiger partial charge in [0.05, 0.1) is 26.0 Å². The lowest BCUT2D eigenvalue weighted by Gasteiger charge is -2.38. The Kier molecular flexibility index (Phi) is 7.61. The average Bonchev–Trinajstić information content (AvgIpc) is 3.34. The third kappa shape index (κ3) is 6.24. The lowest BCUT2D eigenvalue weighted by Crippen LogP contribution is -2.52. The molecule has 1 aliphatic rings. The number of oxazole rings is 1. The lowest BCUT2D eigenvalue weighted by atomic mass is 9.88. The zero-order valence-corrected chi connectivity index (χ0v) is 19.3. The van der Waals surface area contributed by atoms with Gasteiger partial charge >= 0.3 is 12.0 Å². The number of halogens is 1. The Morgan fingerprint density at radius 3 is 2.68 bits per heavy atom.